The molecular formula is C16H22N4. The van der Waals surface area contributed by atoms with Crippen LogP contribution in [0.1, 0.15) is 56.1 Å². The molecule has 1 aliphatic carbocycles. The zero-order chi connectivity index (χ0) is 13.8. The van der Waals surface area contributed by atoms with Crippen LogP contribution in [-0.2, 0) is 6.54 Å². The zero-order valence-corrected chi connectivity index (χ0v) is 12.0. The molecule has 0 saturated heterocycles. The molecular weight excluding hydrogens is 248 g/mol. The summed E-state index contributed by atoms with van der Waals surface area (Å²) in [6.45, 7) is 2.92. The van der Waals surface area contributed by atoms with Gasteiger partial charge in [-0.3, -0.25) is 9.67 Å². The Kier molecular flexibility index (Phi) is 4.11. The molecule has 0 spiro atoms. The van der Waals surface area contributed by atoms with E-state index in [2.05, 4.69) is 40.2 Å². The molecule has 2 aromatic rings. The molecule has 20 heavy (non-hydrogen) atoms. The molecule has 106 valence electrons. The first kappa shape index (κ1) is 13.3. The van der Waals surface area contributed by atoms with E-state index in [4.69, 9.17) is 5.10 Å². The summed E-state index contributed by atoms with van der Waals surface area (Å²) in [6.07, 6.45) is 9.20. The Balaban J connectivity index is 1.56. The van der Waals surface area contributed by atoms with Crippen LogP contribution in [0.15, 0.2) is 36.7 Å². The molecule has 0 radical (unpaired) electrons. The number of nitrogens with zero attached hydrogens (tertiary/aromatic N) is 3. The molecule has 1 aliphatic rings. The molecule has 4 nitrogen and oxygen atoms in total. The van der Waals surface area contributed by atoms with E-state index in [1.807, 2.05) is 18.3 Å². The van der Waals surface area contributed by atoms with Crippen molar-refractivity contribution in [3.63, 3.8) is 0 Å². The minimum absolute atomic E-state index is 0.243. The number of rotatable bonds is 5. The van der Waals surface area contributed by atoms with Gasteiger partial charge >= 0.3 is 0 Å². The Labute approximate surface area is 120 Å². The number of nitrogens with one attached hydrogen (secondary N) is 1. The molecule has 0 bridgehead atoms. The van der Waals surface area contributed by atoms with Crippen molar-refractivity contribution in [3.05, 3.63) is 48.0 Å². The first-order chi connectivity index (χ1) is 9.83. The molecule has 0 aromatic carbocycles. The Hall–Kier alpha value is -1.68. The van der Waals surface area contributed by atoms with Crippen molar-refractivity contribution in [2.75, 3.05) is 0 Å². The maximum atomic E-state index is 4.69. The van der Waals surface area contributed by atoms with E-state index in [-0.39, 0.29) is 6.04 Å². The third-order valence-corrected chi connectivity index (χ3v) is 4.08. The molecule has 4 heteroatoms. The van der Waals surface area contributed by atoms with Gasteiger partial charge in [0.2, 0.25) is 0 Å². The predicted octanol–water partition coefficient (Wildman–Crippen LogP) is 3.24. The molecule has 1 atom stereocenters. The monoisotopic (exact) mass is 270 g/mol. The van der Waals surface area contributed by atoms with Crippen LogP contribution >= 0.6 is 0 Å². The first-order valence-corrected chi connectivity index (χ1v) is 7.51. The van der Waals surface area contributed by atoms with Crippen LogP contribution in [0.4, 0.5) is 0 Å². The van der Waals surface area contributed by atoms with Gasteiger partial charge in [0.25, 0.3) is 0 Å². The fraction of sp³-hybridized carbons (Fsp3) is 0.500. The number of hydrogen-bond donors (Lipinski definition) is 1. The van der Waals surface area contributed by atoms with Gasteiger partial charge in [0.15, 0.2) is 0 Å². The third-order valence-electron chi connectivity index (χ3n) is 4.08. The van der Waals surface area contributed by atoms with Gasteiger partial charge in [-0.2, -0.15) is 5.10 Å². The summed E-state index contributed by atoms with van der Waals surface area (Å²) in [5.41, 5.74) is 2.18. The van der Waals surface area contributed by atoms with Crippen molar-refractivity contribution in [1.82, 2.24) is 20.1 Å². The minimum Gasteiger partial charge on any atom is -0.303 e. The average Bonchev–Trinajstić information content (AvgIpc) is 3.16. The van der Waals surface area contributed by atoms with Crippen LogP contribution in [0.3, 0.4) is 0 Å². The lowest BCUT2D eigenvalue weighted by Crippen LogP contribution is -2.19. The molecule has 2 heterocycles. The second-order valence-corrected chi connectivity index (χ2v) is 5.58. The van der Waals surface area contributed by atoms with E-state index in [1.54, 1.807) is 0 Å². The van der Waals surface area contributed by atoms with Crippen LogP contribution in [-0.4, -0.2) is 14.8 Å². The van der Waals surface area contributed by atoms with Gasteiger partial charge in [0.1, 0.15) is 0 Å². The molecule has 3 rings (SSSR count). The van der Waals surface area contributed by atoms with E-state index in [9.17, 15) is 0 Å². The number of hydrogen-bond acceptors (Lipinski definition) is 3. The van der Waals surface area contributed by atoms with E-state index < -0.39 is 0 Å². The van der Waals surface area contributed by atoms with Crippen LogP contribution in [0, 0.1) is 0 Å². The molecule has 1 saturated carbocycles. The highest BCUT2D eigenvalue weighted by Crippen LogP contribution is 2.28. The standard InChI is InChI=1S/C16H22N4/c1-13(16-8-4-5-10-17-16)18-12-14-9-11-20(19-14)15-6-2-3-7-15/h4-5,8-11,13,15,18H,2-3,6-7,12H2,1H3/t13-/m0/s1. The normalized spacial score (nSPS) is 17.4. The molecule has 2 aromatic heterocycles. The number of pyridine rings is 1. The molecule has 1 fully saturated rings. The summed E-state index contributed by atoms with van der Waals surface area (Å²) in [5, 5.41) is 8.17. The second kappa shape index (κ2) is 6.18. The van der Waals surface area contributed by atoms with Crippen molar-refractivity contribution < 1.29 is 0 Å². The highest BCUT2D eigenvalue weighted by atomic mass is 15.3. The first-order valence-electron chi connectivity index (χ1n) is 7.51. The third kappa shape index (κ3) is 3.07. The second-order valence-electron chi connectivity index (χ2n) is 5.58. The quantitative estimate of drug-likeness (QED) is 0.907. The number of aromatic nitrogens is 3. The maximum absolute atomic E-state index is 4.69. The summed E-state index contributed by atoms with van der Waals surface area (Å²) in [7, 11) is 0. The van der Waals surface area contributed by atoms with Crippen molar-refractivity contribution in [3.8, 4) is 0 Å². The molecule has 1 N–H and O–H groups in total. The van der Waals surface area contributed by atoms with Crippen LogP contribution in [0.5, 0.6) is 0 Å². The van der Waals surface area contributed by atoms with E-state index in [0.717, 1.165) is 17.9 Å². The average molecular weight is 270 g/mol. The highest BCUT2D eigenvalue weighted by molar-refractivity contribution is 5.08. The van der Waals surface area contributed by atoms with Gasteiger partial charge in [-0.25, -0.2) is 0 Å². The summed E-state index contributed by atoms with van der Waals surface area (Å²) in [4.78, 5) is 4.37. The molecule has 0 unspecified atom stereocenters. The topological polar surface area (TPSA) is 42.7 Å². The summed E-state index contributed by atoms with van der Waals surface area (Å²) >= 11 is 0. The fourth-order valence-corrected chi connectivity index (χ4v) is 2.84. The van der Waals surface area contributed by atoms with Crippen LogP contribution < -0.4 is 5.32 Å². The van der Waals surface area contributed by atoms with Gasteiger partial charge in [-0.1, -0.05) is 18.9 Å². The van der Waals surface area contributed by atoms with Gasteiger partial charge < -0.3 is 5.32 Å². The summed E-state index contributed by atoms with van der Waals surface area (Å²) < 4.78 is 2.15. The summed E-state index contributed by atoms with van der Waals surface area (Å²) in [5.74, 6) is 0. The SMILES string of the molecule is C[C@H](NCc1ccn(C2CCCC2)n1)c1ccccn1. The Morgan fingerprint density at radius 2 is 2.15 bits per heavy atom. The lowest BCUT2D eigenvalue weighted by Gasteiger charge is -2.12. The van der Waals surface area contributed by atoms with Crippen molar-refractivity contribution in [1.29, 1.82) is 0 Å². The van der Waals surface area contributed by atoms with Crippen molar-refractivity contribution >= 4 is 0 Å². The Morgan fingerprint density at radius 1 is 1.30 bits per heavy atom. The van der Waals surface area contributed by atoms with Gasteiger partial charge in [0, 0.05) is 25.0 Å². The lowest BCUT2D eigenvalue weighted by molar-refractivity contribution is 0.458. The molecule has 0 amide bonds. The highest BCUT2D eigenvalue weighted by Gasteiger charge is 2.17. The zero-order valence-electron chi connectivity index (χ0n) is 12.0. The van der Waals surface area contributed by atoms with Crippen molar-refractivity contribution in [2.45, 2.75) is 51.2 Å². The predicted molar refractivity (Wildman–Crippen MR) is 79.2 cm³/mol. The maximum Gasteiger partial charge on any atom is 0.0762 e. The van der Waals surface area contributed by atoms with E-state index in [1.165, 1.54) is 25.7 Å². The van der Waals surface area contributed by atoms with E-state index in [0.29, 0.717) is 6.04 Å². The van der Waals surface area contributed by atoms with Gasteiger partial charge in [0.05, 0.1) is 17.4 Å². The van der Waals surface area contributed by atoms with Crippen LogP contribution in [0.2, 0.25) is 0 Å². The minimum atomic E-state index is 0.243. The Bertz CT molecular complexity index is 528. The van der Waals surface area contributed by atoms with Crippen molar-refractivity contribution in [2.24, 2.45) is 0 Å². The Morgan fingerprint density at radius 3 is 2.90 bits per heavy atom. The van der Waals surface area contributed by atoms with E-state index >= 15 is 0 Å². The smallest absolute Gasteiger partial charge is 0.0762 e. The summed E-state index contributed by atoms with van der Waals surface area (Å²) in [6, 6.07) is 9.00. The molecule has 0 aliphatic heterocycles. The largest absolute Gasteiger partial charge is 0.303 e. The fourth-order valence-electron chi connectivity index (χ4n) is 2.84. The van der Waals surface area contributed by atoms with Crippen LogP contribution in [0.25, 0.3) is 0 Å². The lowest BCUT2D eigenvalue weighted by atomic mass is 10.2. The van der Waals surface area contributed by atoms with Gasteiger partial charge in [-0.15, -0.1) is 0 Å². The van der Waals surface area contributed by atoms with Gasteiger partial charge in [-0.05, 0) is 38.0 Å².